The Labute approximate surface area is 233 Å². The van der Waals surface area contributed by atoms with Gasteiger partial charge in [-0.05, 0) is 38.0 Å². The number of ether oxygens (including phenoxy) is 1. The van der Waals surface area contributed by atoms with Crippen molar-refractivity contribution in [2.75, 3.05) is 30.3 Å². The number of thioether (sulfide) groups is 1. The Balaban J connectivity index is 1.66. The van der Waals surface area contributed by atoms with Gasteiger partial charge in [0.1, 0.15) is 18.2 Å². The quantitative estimate of drug-likeness (QED) is 0.463. The molecule has 2 aromatic carbocycles. The van der Waals surface area contributed by atoms with Gasteiger partial charge in [0.15, 0.2) is 0 Å². The van der Waals surface area contributed by atoms with Crippen molar-refractivity contribution in [3.63, 3.8) is 0 Å². The number of aryl methyl sites for hydroxylation is 1. The molecule has 2 aliphatic heterocycles. The van der Waals surface area contributed by atoms with Gasteiger partial charge in [0, 0.05) is 29.7 Å². The predicted octanol–water partition coefficient (Wildman–Crippen LogP) is 5.08. The highest BCUT2D eigenvalue weighted by molar-refractivity contribution is 8.00. The van der Waals surface area contributed by atoms with Gasteiger partial charge in [-0.1, -0.05) is 56.7 Å². The van der Waals surface area contributed by atoms with Crippen LogP contribution in [0.25, 0.3) is 5.69 Å². The van der Waals surface area contributed by atoms with E-state index in [0.717, 1.165) is 35.3 Å². The third-order valence-corrected chi connectivity index (χ3v) is 8.35. The van der Waals surface area contributed by atoms with Gasteiger partial charge < -0.3 is 10.1 Å². The topological polar surface area (TPSA) is 76.5 Å². The number of fused-ring (bicyclic) bond motifs is 1. The van der Waals surface area contributed by atoms with Crippen LogP contribution in [-0.2, 0) is 19.7 Å². The molecule has 2 amide bonds. The van der Waals surface area contributed by atoms with E-state index in [1.165, 1.54) is 22.7 Å². The summed E-state index contributed by atoms with van der Waals surface area (Å²) in [7, 11) is 0. The van der Waals surface area contributed by atoms with Crippen molar-refractivity contribution in [2.45, 2.75) is 57.3 Å². The Morgan fingerprint density at radius 2 is 1.92 bits per heavy atom. The summed E-state index contributed by atoms with van der Waals surface area (Å²) in [6, 6.07) is 14.6. The van der Waals surface area contributed by atoms with Crippen LogP contribution >= 0.6 is 11.8 Å². The molecule has 1 fully saturated rings. The first-order chi connectivity index (χ1) is 18.6. The summed E-state index contributed by atoms with van der Waals surface area (Å²) >= 11 is 1.37. The van der Waals surface area contributed by atoms with E-state index >= 15 is 4.39 Å². The van der Waals surface area contributed by atoms with Crippen molar-refractivity contribution in [3.05, 3.63) is 76.7 Å². The maximum atomic E-state index is 15.2. The lowest BCUT2D eigenvalue weighted by molar-refractivity contribution is -0.123. The second-order valence-corrected chi connectivity index (χ2v) is 12.3. The summed E-state index contributed by atoms with van der Waals surface area (Å²) in [5.41, 5.74) is 3.47. The van der Waals surface area contributed by atoms with E-state index in [1.54, 1.807) is 16.8 Å². The minimum atomic E-state index is -0.474. The molecule has 39 heavy (non-hydrogen) atoms. The van der Waals surface area contributed by atoms with E-state index in [4.69, 9.17) is 9.84 Å². The molecule has 3 aromatic rings. The fourth-order valence-electron chi connectivity index (χ4n) is 5.10. The molecular formula is C30H35FN4O3S. The highest BCUT2D eigenvalue weighted by Gasteiger charge is 2.40. The Morgan fingerprint density at radius 3 is 2.59 bits per heavy atom. The number of anilines is 1. The SMILES string of the molecule is Cc1ccc(-n2nc(C(C)(C)C)c3c2N(CC(=O)NCC2CCCO2)C(=O)CSC3c2ccccc2F)cc1. The summed E-state index contributed by atoms with van der Waals surface area (Å²) in [6.45, 7) is 9.13. The van der Waals surface area contributed by atoms with E-state index < -0.39 is 10.7 Å². The Kier molecular flexibility index (Phi) is 7.82. The maximum Gasteiger partial charge on any atom is 0.240 e. The van der Waals surface area contributed by atoms with Crippen molar-refractivity contribution in [3.8, 4) is 5.69 Å². The van der Waals surface area contributed by atoms with Crippen LogP contribution in [-0.4, -0.2) is 53.1 Å². The first-order valence-corrected chi connectivity index (χ1v) is 14.4. The Morgan fingerprint density at radius 1 is 1.18 bits per heavy atom. The molecule has 2 atom stereocenters. The van der Waals surface area contributed by atoms with Crippen molar-refractivity contribution in [1.29, 1.82) is 0 Å². The van der Waals surface area contributed by atoms with Crippen molar-refractivity contribution >= 4 is 29.4 Å². The summed E-state index contributed by atoms with van der Waals surface area (Å²) in [6.07, 6.45) is 1.88. The highest BCUT2D eigenvalue weighted by Crippen LogP contribution is 2.48. The second-order valence-electron chi connectivity index (χ2n) is 11.2. The lowest BCUT2D eigenvalue weighted by Gasteiger charge is -2.25. The zero-order valence-corrected chi connectivity index (χ0v) is 23.7. The number of halogens is 1. The fourth-order valence-corrected chi connectivity index (χ4v) is 6.32. The average molecular weight is 551 g/mol. The number of hydrogen-bond donors (Lipinski definition) is 1. The van der Waals surface area contributed by atoms with Crippen molar-refractivity contribution < 1.29 is 18.7 Å². The number of rotatable bonds is 6. The van der Waals surface area contributed by atoms with Crippen LogP contribution in [0, 0.1) is 12.7 Å². The zero-order valence-electron chi connectivity index (χ0n) is 22.9. The van der Waals surface area contributed by atoms with E-state index in [0.29, 0.717) is 24.5 Å². The summed E-state index contributed by atoms with van der Waals surface area (Å²) in [4.78, 5) is 28.4. The lowest BCUT2D eigenvalue weighted by atomic mass is 9.87. The minimum absolute atomic E-state index is 0.00378. The zero-order chi connectivity index (χ0) is 27.7. The number of amides is 2. The molecule has 2 aliphatic rings. The number of carbonyl (C=O) groups excluding carboxylic acids is 2. The third-order valence-electron chi connectivity index (χ3n) is 7.12. The van der Waals surface area contributed by atoms with Gasteiger partial charge in [0.2, 0.25) is 11.8 Å². The van der Waals surface area contributed by atoms with Crippen LogP contribution in [0.2, 0.25) is 0 Å². The second kappa shape index (κ2) is 11.1. The Bertz CT molecular complexity index is 1360. The molecule has 2 unspecified atom stereocenters. The molecule has 1 saturated heterocycles. The molecule has 9 heteroatoms. The van der Waals surface area contributed by atoms with Gasteiger partial charge in [-0.2, -0.15) is 5.10 Å². The van der Waals surface area contributed by atoms with E-state index in [2.05, 4.69) is 26.1 Å². The van der Waals surface area contributed by atoms with Crippen molar-refractivity contribution in [1.82, 2.24) is 15.1 Å². The molecule has 0 bridgehead atoms. The van der Waals surface area contributed by atoms with Gasteiger partial charge in [0.25, 0.3) is 0 Å². The molecular weight excluding hydrogens is 515 g/mol. The van der Waals surface area contributed by atoms with Crippen LogP contribution in [0.3, 0.4) is 0 Å². The van der Waals surface area contributed by atoms with Gasteiger partial charge >= 0.3 is 0 Å². The van der Waals surface area contributed by atoms with Crippen LogP contribution in [0.4, 0.5) is 10.2 Å². The van der Waals surface area contributed by atoms with Crippen LogP contribution < -0.4 is 10.2 Å². The molecule has 3 heterocycles. The molecule has 7 nitrogen and oxygen atoms in total. The molecule has 1 aromatic heterocycles. The summed E-state index contributed by atoms with van der Waals surface area (Å²) in [5, 5.41) is 7.52. The molecule has 1 N–H and O–H groups in total. The highest BCUT2D eigenvalue weighted by atomic mass is 32.2. The number of benzene rings is 2. The molecule has 0 aliphatic carbocycles. The van der Waals surface area contributed by atoms with E-state index in [-0.39, 0.29) is 36.0 Å². The Hall–Kier alpha value is -3.17. The van der Waals surface area contributed by atoms with E-state index in [1.807, 2.05) is 37.3 Å². The maximum absolute atomic E-state index is 15.2. The first kappa shape index (κ1) is 27.4. The number of nitrogens with zero attached hydrogens (tertiary/aromatic N) is 3. The number of aromatic nitrogens is 2. The largest absolute Gasteiger partial charge is 0.376 e. The first-order valence-electron chi connectivity index (χ1n) is 13.4. The van der Waals surface area contributed by atoms with E-state index in [9.17, 15) is 9.59 Å². The summed E-state index contributed by atoms with van der Waals surface area (Å²) in [5.74, 6) is -0.211. The van der Waals surface area contributed by atoms with Gasteiger partial charge in [-0.3, -0.25) is 14.5 Å². The summed E-state index contributed by atoms with van der Waals surface area (Å²) < 4.78 is 22.6. The van der Waals surface area contributed by atoms with Crippen molar-refractivity contribution in [2.24, 2.45) is 0 Å². The lowest BCUT2D eigenvalue weighted by Crippen LogP contribution is -2.44. The van der Waals surface area contributed by atoms with Crippen LogP contribution in [0.15, 0.2) is 48.5 Å². The normalized spacial score (nSPS) is 19.6. The van der Waals surface area contributed by atoms with Gasteiger partial charge in [-0.25, -0.2) is 9.07 Å². The minimum Gasteiger partial charge on any atom is -0.376 e. The third kappa shape index (κ3) is 5.75. The monoisotopic (exact) mass is 550 g/mol. The average Bonchev–Trinajstić information content (AvgIpc) is 3.53. The fraction of sp³-hybridized carbons (Fsp3) is 0.433. The van der Waals surface area contributed by atoms with Crippen LogP contribution in [0.5, 0.6) is 0 Å². The molecule has 5 rings (SSSR count). The molecule has 0 spiro atoms. The number of nitrogens with one attached hydrogen (secondary N) is 1. The van der Waals surface area contributed by atoms with Gasteiger partial charge in [-0.15, -0.1) is 11.8 Å². The molecule has 206 valence electrons. The molecule has 0 radical (unpaired) electrons. The van der Waals surface area contributed by atoms with Crippen LogP contribution in [0.1, 0.15) is 61.2 Å². The standard InChI is InChI=1S/C30H35FN4O3S/c1-19-11-13-20(14-12-19)35-29-26(28(33-35)30(2,3)4)27(22-9-5-6-10-23(22)31)39-18-25(37)34(29)17-24(36)32-16-21-8-7-15-38-21/h5-6,9-14,21,27H,7-8,15-18H2,1-4H3,(H,32,36). The van der Waals surface area contributed by atoms with Gasteiger partial charge in [0.05, 0.1) is 28.5 Å². The smallest absolute Gasteiger partial charge is 0.240 e. The molecule has 0 saturated carbocycles. The predicted molar refractivity (Wildman–Crippen MR) is 152 cm³/mol. The number of carbonyl (C=O) groups is 2. The number of hydrogen-bond acceptors (Lipinski definition) is 5.